The van der Waals surface area contributed by atoms with Gasteiger partial charge in [0, 0.05) is 13.2 Å². The predicted octanol–water partition coefficient (Wildman–Crippen LogP) is 0.359. The van der Waals surface area contributed by atoms with Crippen molar-refractivity contribution in [1.29, 1.82) is 0 Å². The average Bonchev–Trinajstić information content (AvgIpc) is 2.41. The van der Waals surface area contributed by atoms with Crippen LogP contribution in [0.5, 0.6) is 0 Å². The van der Waals surface area contributed by atoms with Crippen LogP contribution in [0.25, 0.3) is 0 Å². The Morgan fingerprint density at radius 3 is 3.10 bits per heavy atom. The molecule has 0 amide bonds. The molecule has 1 rings (SSSR count). The second-order valence-electron chi connectivity index (χ2n) is 2.39. The van der Waals surface area contributed by atoms with E-state index in [1.165, 1.54) is 0 Å². The lowest BCUT2D eigenvalue weighted by Gasteiger charge is -2.08. The third kappa shape index (κ3) is 2.64. The summed E-state index contributed by atoms with van der Waals surface area (Å²) in [6.45, 7) is 5.21. The first-order chi connectivity index (χ1) is 4.93. The largest absolute Gasteiger partial charge is 0.356 e. The van der Waals surface area contributed by atoms with Crippen LogP contribution in [0.4, 0.5) is 0 Å². The number of ether oxygens (including phenoxy) is 2. The second-order valence-corrected chi connectivity index (χ2v) is 2.39. The van der Waals surface area contributed by atoms with Gasteiger partial charge in [0.1, 0.15) is 6.79 Å². The highest BCUT2D eigenvalue weighted by Crippen LogP contribution is 2.01. The van der Waals surface area contributed by atoms with Gasteiger partial charge >= 0.3 is 0 Å². The van der Waals surface area contributed by atoms with Crippen molar-refractivity contribution in [3.8, 4) is 0 Å². The summed E-state index contributed by atoms with van der Waals surface area (Å²) in [5.74, 6) is 0. The van der Waals surface area contributed by atoms with Crippen LogP contribution in [-0.2, 0) is 9.47 Å². The van der Waals surface area contributed by atoms with Crippen molar-refractivity contribution in [3.63, 3.8) is 0 Å². The van der Waals surface area contributed by atoms with Crippen LogP contribution in [0.15, 0.2) is 0 Å². The van der Waals surface area contributed by atoms with Gasteiger partial charge in [-0.25, -0.2) is 0 Å². The maximum Gasteiger partial charge on any atom is 0.147 e. The molecule has 1 unspecified atom stereocenters. The molecule has 1 heterocycles. The van der Waals surface area contributed by atoms with E-state index in [-0.39, 0.29) is 0 Å². The van der Waals surface area contributed by atoms with Crippen LogP contribution < -0.4 is 5.32 Å². The van der Waals surface area contributed by atoms with Crippen LogP contribution in [0.1, 0.15) is 13.3 Å². The monoisotopic (exact) mass is 145 g/mol. The molecular weight excluding hydrogens is 130 g/mol. The van der Waals surface area contributed by atoms with E-state index in [0.717, 1.165) is 26.1 Å². The average molecular weight is 145 g/mol. The van der Waals surface area contributed by atoms with Gasteiger partial charge in [0.2, 0.25) is 0 Å². The van der Waals surface area contributed by atoms with E-state index in [0.29, 0.717) is 12.9 Å². The van der Waals surface area contributed by atoms with Gasteiger partial charge in [0.25, 0.3) is 0 Å². The molecule has 0 aromatic rings. The fourth-order valence-electron chi connectivity index (χ4n) is 0.998. The molecule has 0 spiro atoms. The molecule has 0 radical (unpaired) electrons. The minimum atomic E-state index is 0.381. The number of rotatable bonds is 4. The Hall–Kier alpha value is -0.120. The lowest BCUT2D eigenvalue weighted by atomic mass is 10.3. The molecule has 1 atom stereocenters. The molecule has 0 bridgehead atoms. The first kappa shape index (κ1) is 7.98. The van der Waals surface area contributed by atoms with Crippen molar-refractivity contribution in [1.82, 2.24) is 5.32 Å². The summed E-state index contributed by atoms with van der Waals surface area (Å²) in [5.41, 5.74) is 0. The molecule has 60 valence electrons. The van der Waals surface area contributed by atoms with Crippen LogP contribution in [-0.4, -0.2) is 32.6 Å². The molecule has 0 aromatic carbocycles. The first-order valence-electron chi connectivity index (χ1n) is 3.83. The zero-order valence-corrected chi connectivity index (χ0v) is 6.43. The summed E-state index contributed by atoms with van der Waals surface area (Å²) in [7, 11) is 0. The molecule has 1 N–H and O–H groups in total. The summed E-state index contributed by atoms with van der Waals surface area (Å²) in [5, 5.41) is 3.22. The summed E-state index contributed by atoms with van der Waals surface area (Å²) >= 11 is 0. The van der Waals surface area contributed by atoms with Gasteiger partial charge in [-0.05, 0) is 19.9 Å². The third-order valence-electron chi connectivity index (χ3n) is 1.61. The van der Waals surface area contributed by atoms with Crippen molar-refractivity contribution in [2.45, 2.75) is 19.4 Å². The standard InChI is InChI=1S/C7H15NO2/c1-2-9-6-10-7-3-4-8-5-7/h7-8H,2-6H2,1H3. The number of hydrogen-bond donors (Lipinski definition) is 1. The SMILES string of the molecule is CCOCOC1CCNC1. The lowest BCUT2D eigenvalue weighted by molar-refractivity contribution is -0.0794. The number of nitrogens with one attached hydrogen (secondary N) is 1. The van der Waals surface area contributed by atoms with Crippen molar-refractivity contribution in [3.05, 3.63) is 0 Å². The topological polar surface area (TPSA) is 30.5 Å². The predicted molar refractivity (Wildman–Crippen MR) is 38.9 cm³/mol. The normalized spacial score (nSPS) is 25.5. The Bertz CT molecular complexity index is 81.7. The summed E-state index contributed by atoms with van der Waals surface area (Å²) in [6, 6.07) is 0. The van der Waals surface area contributed by atoms with Crippen molar-refractivity contribution < 1.29 is 9.47 Å². The van der Waals surface area contributed by atoms with Gasteiger partial charge in [-0.1, -0.05) is 0 Å². The Balaban J connectivity index is 1.91. The Labute approximate surface area is 61.7 Å². The van der Waals surface area contributed by atoms with Crippen molar-refractivity contribution in [2.75, 3.05) is 26.5 Å². The van der Waals surface area contributed by atoms with Gasteiger partial charge in [-0.2, -0.15) is 0 Å². The van der Waals surface area contributed by atoms with Crippen molar-refractivity contribution >= 4 is 0 Å². The van der Waals surface area contributed by atoms with Gasteiger partial charge in [-0.15, -0.1) is 0 Å². The van der Waals surface area contributed by atoms with E-state index >= 15 is 0 Å². The number of hydrogen-bond acceptors (Lipinski definition) is 3. The zero-order valence-electron chi connectivity index (χ0n) is 6.43. The van der Waals surface area contributed by atoms with E-state index in [9.17, 15) is 0 Å². The maximum absolute atomic E-state index is 5.36. The smallest absolute Gasteiger partial charge is 0.147 e. The highest BCUT2D eigenvalue weighted by atomic mass is 16.7. The molecule has 1 saturated heterocycles. The quantitative estimate of drug-likeness (QED) is 0.457. The van der Waals surface area contributed by atoms with Crippen LogP contribution >= 0.6 is 0 Å². The fourth-order valence-corrected chi connectivity index (χ4v) is 0.998. The maximum atomic E-state index is 5.36. The molecule has 0 saturated carbocycles. The van der Waals surface area contributed by atoms with E-state index < -0.39 is 0 Å². The van der Waals surface area contributed by atoms with E-state index in [1.54, 1.807) is 0 Å². The first-order valence-corrected chi connectivity index (χ1v) is 3.83. The lowest BCUT2D eigenvalue weighted by Crippen LogP contribution is -2.18. The molecule has 3 heteroatoms. The molecule has 1 aliphatic heterocycles. The van der Waals surface area contributed by atoms with Gasteiger partial charge < -0.3 is 14.8 Å². The van der Waals surface area contributed by atoms with Gasteiger partial charge in [-0.3, -0.25) is 0 Å². The molecule has 1 aliphatic rings. The highest BCUT2D eigenvalue weighted by Gasteiger charge is 2.13. The second kappa shape index (κ2) is 4.66. The Kier molecular flexibility index (Phi) is 3.72. The molecule has 10 heavy (non-hydrogen) atoms. The molecule has 0 aromatic heterocycles. The van der Waals surface area contributed by atoms with E-state index in [2.05, 4.69) is 5.32 Å². The van der Waals surface area contributed by atoms with Crippen molar-refractivity contribution in [2.24, 2.45) is 0 Å². The molecular formula is C7H15NO2. The summed E-state index contributed by atoms with van der Waals surface area (Å²) in [6.07, 6.45) is 1.50. The van der Waals surface area contributed by atoms with Crippen LogP contribution in [0.3, 0.4) is 0 Å². The minimum Gasteiger partial charge on any atom is -0.356 e. The van der Waals surface area contributed by atoms with E-state index in [4.69, 9.17) is 9.47 Å². The van der Waals surface area contributed by atoms with Gasteiger partial charge in [0.05, 0.1) is 6.10 Å². The third-order valence-corrected chi connectivity index (χ3v) is 1.61. The Morgan fingerprint density at radius 2 is 2.50 bits per heavy atom. The summed E-state index contributed by atoms with van der Waals surface area (Å²) in [4.78, 5) is 0. The fraction of sp³-hybridized carbons (Fsp3) is 1.00. The molecule has 0 aliphatic carbocycles. The Morgan fingerprint density at radius 1 is 1.60 bits per heavy atom. The minimum absolute atomic E-state index is 0.381. The summed E-state index contributed by atoms with van der Waals surface area (Å²) < 4.78 is 10.4. The van der Waals surface area contributed by atoms with Crippen LogP contribution in [0, 0.1) is 0 Å². The molecule has 1 fully saturated rings. The van der Waals surface area contributed by atoms with Gasteiger partial charge in [0.15, 0.2) is 0 Å². The van der Waals surface area contributed by atoms with Crippen LogP contribution in [0.2, 0.25) is 0 Å². The van der Waals surface area contributed by atoms with E-state index in [1.807, 2.05) is 6.92 Å². The highest BCUT2D eigenvalue weighted by molar-refractivity contribution is 4.69. The zero-order chi connectivity index (χ0) is 7.23. The molecule has 3 nitrogen and oxygen atoms in total.